The van der Waals surface area contributed by atoms with Crippen LogP contribution < -0.4 is 14.2 Å². The number of amides is 1. The van der Waals surface area contributed by atoms with Crippen LogP contribution in [-0.4, -0.2) is 55.7 Å². The van der Waals surface area contributed by atoms with E-state index in [1.165, 1.54) is 0 Å². The van der Waals surface area contributed by atoms with Crippen LogP contribution in [0.2, 0.25) is 5.02 Å². The lowest BCUT2D eigenvalue weighted by atomic mass is 10.0. The van der Waals surface area contributed by atoms with Crippen molar-refractivity contribution in [2.75, 3.05) is 26.9 Å². The van der Waals surface area contributed by atoms with Gasteiger partial charge >= 0.3 is 0 Å². The number of rotatable bonds is 11. The average Bonchev–Trinajstić information content (AvgIpc) is 3.40. The number of aliphatic imine (C=N–C) groups is 1. The molecule has 40 heavy (non-hydrogen) atoms. The summed E-state index contributed by atoms with van der Waals surface area (Å²) in [5.74, 6) is 1.54. The Morgan fingerprint density at radius 1 is 1.02 bits per heavy atom. The second-order valence-electron chi connectivity index (χ2n) is 10.1. The molecule has 5 rings (SSSR count). The van der Waals surface area contributed by atoms with Crippen molar-refractivity contribution in [2.45, 2.75) is 45.1 Å². The number of benzene rings is 3. The first-order chi connectivity index (χ1) is 19.5. The third kappa shape index (κ3) is 5.99. The Morgan fingerprint density at radius 3 is 2.58 bits per heavy atom. The van der Waals surface area contributed by atoms with E-state index in [1.54, 1.807) is 37.4 Å². The first-order valence-electron chi connectivity index (χ1n) is 13.7. The largest absolute Gasteiger partial charge is 0.493 e. The molecule has 3 aromatic carbocycles. The molecule has 0 N–H and O–H groups in total. The number of fused-ring (bicyclic) bond motifs is 2. The maximum absolute atomic E-state index is 13.1. The van der Waals surface area contributed by atoms with Gasteiger partial charge in [-0.15, -0.1) is 0 Å². The molecular formula is C32H33ClN2O5. The number of hydrogen-bond donors (Lipinski definition) is 0. The molecule has 1 fully saturated rings. The van der Waals surface area contributed by atoms with Gasteiger partial charge in [-0.2, -0.15) is 0 Å². The molecule has 0 aliphatic carbocycles. The molecule has 208 valence electrons. The number of aryl methyl sites for hydroxylation is 1. The lowest BCUT2D eigenvalue weighted by Crippen LogP contribution is -2.35. The number of unbranched alkanes of at least 4 members (excludes halogenated alkanes) is 2. The van der Waals surface area contributed by atoms with E-state index in [9.17, 15) is 9.59 Å². The van der Waals surface area contributed by atoms with Crippen LogP contribution in [0.3, 0.4) is 0 Å². The second-order valence-corrected chi connectivity index (χ2v) is 10.5. The number of nitrogens with zero attached hydrogens (tertiary/aromatic N) is 2. The molecule has 7 nitrogen and oxygen atoms in total. The average molecular weight is 561 g/mol. The SMILES string of the molecule is COc1cc2c(cc1OCCCCCOc1c(C)cc(Cl)cc1C(=O)c1ccccc1)N=CC1CCCN1C2=O. The number of ether oxygens (including phenoxy) is 3. The Hall–Kier alpha value is -3.84. The summed E-state index contributed by atoms with van der Waals surface area (Å²) in [6.45, 7) is 3.60. The predicted molar refractivity (Wildman–Crippen MR) is 156 cm³/mol. The Kier molecular flexibility index (Phi) is 8.70. The number of carbonyl (C=O) groups is 2. The molecule has 1 amide bonds. The van der Waals surface area contributed by atoms with E-state index in [0.717, 1.165) is 44.2 Å². The van der Waals surface area contributed by atoms with Gasteiger partial charge in [0.05, 0.1) is 43.2 Å². The molecule has 0 spiro atoms. The third-order valence-electron chi connectivity index (χ3n) is 7.27. The summed E-state index contributed by atoms with van der Waals surface area (Å²) in [5.41, 5.74) is 3.05. The first-order valence-corrected chi connectivity index (χ1v) is 14.1. The highest BCUT2D eigenvalue weighted by molar-refractivity contribution is 6.31. The van der Waals surface area contributed by atoms with Gasteiger partial charge in [0, 0.05) is 29.4 Å². The predicted octanol–water partition coefficient (Wildman–Crippen LogP) is 6.84. The second kappa shape index (κ2) is 12.6. The van der Waals surface area contributed by atoms with Gasteiger partial charge in [-0.05, 0) is 62.8 Å². The van der Waals surface area contributed by atoms with E-state index in [0.29, 0.717) is 57.9 Å². The van der Waals surface area contributed by atoms with Crippen LogP contribution in [-0.2, 0) is 0 Å². The van der Waals surface area contributed by atoms with Gasteiger partial charge in [0.15, 0.2) is 17.3 Å². The minimum Gasteiger partial charge on any atom is -0.493 e. The topological polar surface area (TPSA) is 77.4 Å². The smallest absolute Gasteiger partial charge is 0.256 e. The van der Waals surface area contributed by atoms with Crippen molar-refractivity contribution in [2.24, 2.45) is 4.99 Å². The quantitative estimate of drug-likeness (QED) is 0.190. The molecule has 1 atom stereocenters. The normalized spacial score (nSPS) is 15.8. The zero-order valence-corrected chi connectivity index (χ0v) is 23.6. The van der Waals surface area contributed by atoms with E-state index in [1.807, 2.05) is 42.3 Å². The van der Waals surface area contributed by atoms with Crippen molar-refractivity contribution in [3.8, 4) is 17.2 Å². The molecule has 0 saturated carbocycles. The molecule has 0 bridgehead atoms. The summed E-state index contributed by atoms with van der Waals surface area (Å²) in [5, 5.41) is 0.505. The number of hydrogen-bond acceptors (Lipinski definition) is 6. The summed E-state index contributed by atoms with van der Waals surface area (Å²) in [6.07, 6.45) is 6.27. The summed E-state index contributed by atoms with van der Waals surface area (Å²) in [4.78, 5) is 32.6. The molecule has 8 heteroatoms. The minimum absolute atomic E-state index is 0.00981. The van der Waals surface area contributed by atoms with E-state index in [-0.39, 0.29) is 17.7 Å². The first kappa shape index (κ1) is 27.7. The Morgan fingerprint density at radius 2 is 1.80 bits per heavy atom. The standard InChI is InChI=1S/C32H33ClN2O5/c1-21-16-23(33)17-26(30(36)22-10-5-3-6-11-22)31(21)40-15-8-4-7-14-39-29-19-27-25(18-28(29)38-2)32(37)35-13-9-12-24(35)20-34-27/h3,5-6,10-11,16-20,24H,4,7-9,12-15H2,1-2H3. The van der Waals surface area contributed by atoms with E-state index < -0.39 is 0 Å². The highest BCUT2D eigenvalue weighted by Gasteiger charge is 2.32. The van der Waals surface area contributed by atoms with Crippen molar-refractivity contribution >= 4 is 35.2 Å². The monoisotopic (exact) mass is 560 g/mol. The highest BCUT2D eigenvalue weighted by Crippen LogP contribution is 2.38. The third-order valence-corrected chi connectivity index (χ3v) is 7.49. The fraction of sp³-hybridized carbons (Fsp3) is 0.344. The molecule has 0 radical (unpaired) electrons. The van der Waals surface area contributed by atoms with Crippen LogP contribution in [0.5, 0.6) is 17.2 Å². The zero-order valence-electron chi connectivity index (χ0n) is 22.8. The molecule has 1 saturated heterocycles. The summed E-state index contributed by atoms with van der Waals surface area (Å²) in [7, 11) is 1.57. The van der Waals surface area contributed by atoms with Crippen LogP contribution >= 0.6 is 11.6 Å². The van der Waals surface area contributed by atoms with Gasteiger partial charge < -0.3 is 19.1 Å². The zero-order chi connectivity index (χ0) is 28.1. The molecule has 0 aromatic heterocycles. The number of ketones is 1. The molecule has 2 aliphatic rings. The van der Waals surface area contributed by atoms with Crippen molar-refractivity contribution in [3.63, 3.8) is 0 Å². The summed E-state index contributed by atoms with van der Waals surface area (Å²) >= 11 is 6.26. The van der Waals surface area contributed by atoms with Gasteiger partial charge in [-0.25, -0.2) is 0 Å². The minimum atomic E-state index is -0.115. The maximum atomic E-state index is 13.1. The van der Waals surface area contributed by atoms with E-state index in [2.05, 4.69) is 4.99 Å². The van der Waals surface area contributed by atoms with Gasteiger partial charge in [0.25, 0.3) is 5.91 Å². The van der Waals surface area contributed by atoms with Crippen molar-refractivity contribution in [3.05, 3.63) is 81.9 Å². The lowest BCUT2D eigenvalue weighted by Gasteiger charge is -2.20. The van der Waals surface area contributed by atoms with E-state index >= 15 is 0 Å². The summed E-state index contributed by atoms with van der Waals surface area (Å²) in [6, 6.07) is 16.2. The van der Waals surface area contributed by atoms with Crippen LogP contribution in [0, 0.1) is 6.92 Å². The van der Waals surface area contributed by atoms with Crippen LogP contribution in [0.25, 0.3) is 0 Å². The maximum Gasteiger partial charge on any atom is 0.256 e. The Bertz CT molecular complexity index is 1420. The highest BCUT2D eigenvalue weighted by atomic mass is 35.5. The van der Waals surface area contributed by atoms with Crippen molar-refractivity contribution in [1.82, 2.24) is 4.90 Å². The van der Waals surface area contributed by atoms with Crippen molar-refractivity contribution < 1.29 is 23.8 Å². The molecule has 2 heterocycles. The van der Waals surface area contributed by atoms with E-state index in [4.69, 9.17) is 25.8 Å². The van der Waals surface area contributed by atoms with Gasteiger partial charge in [0.1, 0.15) is 5.75 Å². The molecule has 1 unspecified atom stereocenters. The van der Waals surface area contributed by atoms with Crippen LogP contribution in [0.1, 0.15) is 63.9 Å². The molecule has 2 aliphatic heterocycles. The molecular weight excluding hydrogens is 528 g/mol. The summed E-state index contributed by atoms with van der Waals surface area (Å²) < 4.78 is 17.7. The van der Waals surface area contributed by atoms with Crippen LogP contribution in [0.15, 0.2) is 59.6 Å². The molecule has 3 aromatic rings. The van der Waals surface area contributed by atoms with Gasteiger partial charge in [0.2, 0.25) is 0 Å². The lowest BCUT2D eigenvalue weighted by molar-refractivity contribution is 0.0774. The van der Waals surface area contributed by atoms with Crippen LogP contribution in [0.4, 0.5) is 5.69 Å². The fourth-order valence-corrected chi connectivity index (χ4v) is 5.47. The number of methoxy groups -OCH3 is 1. The Labute approximate surface area is 239 Å². The fourth-order valence-electron chi connectivity index (χ4n) is 5.19. The Balaban J connectivity index is 1.15. The van der Waals surface area contributed by atoms with Gasteiger partial charge in [-0.3, -0.25) is 14.6 Å². The number of carbonyl (C=O) groups excluding carboxylic acids is 2. The number of halogens is 1. The van der Waals surface area contributed by atoms with Gasteiger partial charge in [-0.1, -0.05) is 41.9 Å². The van der Waals surface area contributed by atoms with Crippen molar-refractivity contribution in [1.29, 1.82) is 0 Å².